The molecule has 0 amide bonds. The fraction of sp³-hybridized carbons (Fsp3) is 0.700. The van der Waals surface area contributed by atoms with Crippen LogP contribution in [-0.2, 0) is 12.8 Å². The lowest BCUT2D eigenvalue weighted by Crippen LogP contribution is -2.35. The van der Waals surface area contributed by atoms with Gasteiger partial charge in [0.1, 0.15) is 10.6 Å². The maximum absolute atomic E-state index is 6.30. The van der Waals surface area contributed by atoms with E-state index in [1.807, 2.05) is 11.3 Å². The molecule has 2 aromatic rings. The Kier molecular flexibility index (Phi) is 4.48. The summed E-state index contributed by atoms with van der Waals surface area (Å²) in [5, 5.41) is 1.69. The van der Waals surface area contributed by atoms with Crippen LogP contribution in [0.4, 0.5) is 5.82 Å². The van der Waals surface area contributed by atoms with Gasteiger partial charge in [0, 0.05) is 18.0 Å². The van der Waals surface area contributed by atoms with Crippen LogP contribution >= 0.6 is 22.9 Å². The Balaban J connectivity index is 1.79. The minimum atomic E-state index is 0.363. The smallest absolute Gasteiger partial charge is 0.225 e. The van der Waals surface area contributed by atoms with Gasteiger partial charge in [0.05, 0.1) is 5.39 Å². The molecule has 0 spiro atoms. The van der Waals surface area contributed by atoms with Crippen LogP contribution < -0.4 is 4.90 Å². The molecular formula is C20H28ClN3S. The van der Waals surface area contributed by atoms with Gasteiger partial charge in [-0.2, -0.15) is 4.98 Å². The van der Waals surface area contributed by atoms with E-state index < -0.39 is 0 Å². The number of anilines is 1. The number of piperidine rings is 1. The second-order valence-corrected chi connectivity index (χ2v) is 10.4. The van der Waals surface area contributed by atoms with E-state index in [0.29, 0.717) is 10.7 Å². The summed E-state index contributed by atoms with van der Waals surface area (Å²) in [7, 11) is 0. The van der Waals surface area contributed by atoms with Crippen molar-refractivity contribution < 1.29 is 0 Å². The van der Waals surface area contributed by atoms with Gasteiger partial charge in [-0.05, 0) is 66.5 Å². The van der Waals surface area contributed by atoms with Crippen LogP contribution in [-0.4, -0.2) is 23.1 Å². The SMILES string of the molecule is CC1CCCN(c2nc(Cl)nc3sc4c(c23)CCC(C(C)(C)C)C4)C1. The molecular weight excluding hydrogens is 350 g/mol. The van der Waals surface area contributed by atoms with E-state index in [1.165, 1.54) is 41.5 Å². The molecule has 0 bridgehead atoms. The molecule has 1 aliphatic carbocycles. The molecule has 2 aromatic heterocycles. The van der Waals surface area contributed by atoms with Crippen LogP contribution in [0.5, 0.6) is 0 Å². The molecule has 136 valence electrons. The zero-order chi connectivity index (χ0) is 17.8. The van der Waals surface area contributed by atoms with E-state index in [1.54, 1.807) is 0 Å². The van der Waals surface area contributed by atoms with E-state index in [9.17, 15) is 0 Å². The van der Waals surface area contributed by atoms with Crippen molar-refractivity contribution in [3.63, 3.8) is 0 Å². The van der Waals surface area contributed by atoms with Gasteiger partial charge in [0.2, 0.25) is 5.28 Å². The average molecular weight is 378 g/mol. The summed E-state index contributed by atoms with van der Waals surface area (Å²) in [6.07, 6.45) is 6.14. The molecule has 2 atom stereocenters. The molecule has 5 heteroatoms. The van der Waals surface area contributed by atoms with Crippen molar-refractivity contribution >= 4 is 39.0 Å². The second-order valence-electron chi connectivity index (χ2n) is 9.00. The minimum absolute atomic E-state index is 0.363. The molecule has 1 aliphatic heterocycles. The van der Waals surface area contributed by atoms with Gasteiger partial charge < -0.3 is 4.90 Å². The Morgan fingerprint density at radius 3 is 2.72 bits per heavy atom. The number of hydrogen-bond donors (Lipinski definition) is 0. The predicted octanol–water partition coefficient (Wildman–Crippen LogP) is 5.73. The van der Waals surface area contributed by atoms with Crippen molar-refractivity contribution in [3.05, 3.63) is 15.7 Å². The quantitative estimate of drug-likeness (QED) is 0.594. The van der Waals surface area contributed by atoms with Gasteiger partial charge in [-0.25, -0.2) is 4.98 Å². The molecule has 2 unspecified atom stereocenters. The first-order valence-corrected chi connectivity index (χ1v) is 10.7. The molecule has 0 radical (unpaired) electrons. The van der Waals surface area contributed by atoms with Crippen molar-refractivity contribution in [3.8, 4) is 0 Å². The Morgan fingerprint density at radius 1 is 1.20 bits per heavy atom. The minimum Gasteiger partial charge on any atom is -0.356 e. The van der Waals surface area contributed by atoms with Crippen LogP contribution in [0, 0.1) is 17.3 Å². The molecule has 4 rings (SSSR count). The van der Waals surface area contributed by atoms with E-state index >= 15 is 0 Å². The third-order valence-corrected chi connectivity index (χ3v) is 7.36. The summed E-state index contributed by atoms with van der Waals surface area (Å²) in [5.41, 5.74) is 1.87. The molecule has 1 saturated heterocycles. The highest BCUT2D eigenvalue weighted by atomic mass is 35.5. The van der Waals surface area contributed by atoms with E-state index in [4.69, 9.17) is 16.6 Å². The molecule has 0 N–H and O–H groups in total. The van der Waals surface area contributed by atoms with Crippen molar-refractivity contribution in [1.29, 1.82) is 0 Å². The summed E-state index contributed by atoms with van der Waals surface area (Å²) in [4.78, 5) is 14.3. The van der Waals surface area contributed by atoms with Crippen molar-refractivity contribution in [1.82, 2.24) is 9.97 Å². The van der Waals surface area contributed by atoms with Crippen molar-refractivity contribution in [2.75, 3.05) is 18.0 Å². The zero-order valence-electron chi connectivity index (χ0n) is 15.7. The van der Waals surface area contributed by atoms with Gasteiger partial charge in [-0.15, -0.1) is 11.3 Å². The van der Waals surface area contributed by atoms with Crippen LogP contribution in [0.2, 0.25) is 5.28 Å². The summed E-state index contributed by atoms with van der Waals surface area (Å²) in [6, 6.07) is 0. The van der Waals surface area contributed by atoms with Crippen LogP contribution in [0.3, 0.4) is 0 Å². The van der Waals surface area contributed by atoms with E-state index in [-0.39, 0.29) is 0 Å². The largest absolute Gasteiger partial charge is 0.356 e. The second kappa shape index (κ2) is 6.38. The number of fused-ring (bicyclic) bond motifs is 3. The predicted molar refractivity (Wildman–Crippen MR) is 108 cm³/mol. The molecule has 3 nitrogen and oxygen atoms in total. The lowest BCUT2D eigenvalue weighted by atomic mass is 9.72. The van der Waals surface area contributed by atoms with Crippen LogP contribution in [0.1, 0.15) is 57.4 Å². The van der Waals surface area contributed by atoms with E-state index in [0.717, 1.165) is 42.0 Å². The number of hydrogen-bond acceptors (Lipinski definition) is 4. The first-order valence-electron chi connectivity index (χ1n) is 9.55. The number of halogens is 1. The maximum Gasteiger partial charge on any atom is 0.225 e. The summed E-state index contributed by atoms with van der Waals surface area (Å²) < 4.78 is 0. The molecule has 3 heterocycles. The van der Waals surface area contributed by atoms with Gasteiger partial charge in [0.15, 0.2) is 0 Å². The Hall–Kier alpha value is -0.870. The third-order valence-electron chi connectivity index (χ3n) is 6.04. The lowest BCUT2D eigenvalue weighted by Gasteiger charge is -2.34. The lowest BCUT2D eigenvalue weighted by molar-refractivity contribution is 0.218. The van der Waals surface area contributed by atoms with E-state index in [2.05, 4.69) is 37.6 Å². The highest BCUT2D eigenvalue weighted by Crippen LogP contribution is 2.45. The molecule has 25 heavy (non-hydrogen) atoms. The van der Waals surface area contributed by atoms with Crippen molar-refractivity contribution in [2.45, 2.75) is 59.8 Å². The first kappa shape index (κ1) is 17.5. The highest BCUT2D eigenvalue weighted by Gasteiger charge is 2.33. The molecule has 0 saturated carbocycles. The van der Waals surface area contributed by atoms with Gasteiger partial charge >= 0.3 is 0 Å². The Bertz CT molecular complexity index is 792. The zero-order valence-corrected chi connectivity index (χ0v) is 17.3. The average Bonchev–Trinajstić information content (AvgIpc) is 2.90. The normalized spacial score (nSPS) is 24.6. The fourth-order valence-corrected chi connectivity index (χ4v) is 5.99. The van der Waals surface area contributed by atoms with Gasteiger partial charge in [-0.3, -0.25) is 0 Å². The molecule has 2 aliphatic rings. The number of nitrogens with zero attached hydrogens (tertiary/aromatic N) is 3. The maximum atomic E-state index is 6.30. The monoisotopic (exact) mass is 377 g/mol. The van der Waals surface area contributed by atoms with Crippen LogP contribution in [0.25, 0.3) is 10.2 Å². The van der Waals surface area contributed by atoms with Gasteiger partial charge in [-0.1, -0.05) is 27.7 Å². The van der Waals surface area contributed by atoms with Crippen molar-refractivity contribution in [2.24, 2.45) is 17.3 Å². The fourth-order valence-electron chi connectivity index (χ4n) is 4.48. The summed E-state index contributed by atoms with van der Waals surface area (Å²) in [6.45, 7) is 11.6. The van der Waals surface area contributed by atoms with Gasteiger partial charge in [0.25, 0.3) is 0 Å². The standard InChI is InChI=1S/C20H28ClN3S/c1-12-6-5-9-24(11-12)17-16-14-8-7-13(20(2,3)4)10-15(14)25-18(16)23-19(21)22-17/h12-13H,5-11H2,1-4H3. The Labute approximate surface area is 159 Å². The number of thiophene rings is 1. The Morgan fingerprint density at radius 2 is 2.00 bits per heavy atom. The highest BCUT2D eigenvalue weighted by molar-refractivity contribution is 7.19. The number of aryl methyl sites for hydroxylation is 1. The third kappa shape index (κ3) is 3.28. The van der Waals surface area contributed by atoms with Crippen LogP contribution in [0.15, 0.2) is 0 Å². The number of aromatic nitrogens is 2. The summed E-state index contributed by atoms with van der Waals surface area (Å²) >= 11 is 8.15. The summed E-state index contributed by atoms with van der Waals surface area (Å²) in [5.74, 6) is 2.56. The first-order chi connectivity index (χ1) is 11.8. The molecule has 1 fully saturated rings. The topological polar surface area (TPSA) is 29.0 Å². The number of rotatable bonds is 1. The molecule has 0 aromatic carbocycles.